The summed E-state index contributed by atoms with van der Waals surface area (Å²) in [5.74, 6) is 0.802. The first kappa shape index (κ1) is 17.5. The highest BCUT2D eigenvalue weighted by molar-refractivity contribution is 5.86. The van der Waals surface area contributed by atoms with Crippen molar-refractivity contribution in [1.82, 2.24) is 20.0 Å². The minimum Gasteiger partial charge on any atom is -0.368 e. The van der Waals surface area contributed by atoms with Crippen LogP contribution in [0.5, 0.6) is 0 Å². The Morgan fingerprint density at radius 2 is 1.87 bits per heavy atom. The van der Waals surface area contributed by atoms with Gasteiger partial charge in [-0.05, 0) is 12.8 Å². The van der Waals surface area contributed by atoms with E-state index in [9.17, 15) is 9.59 Å². The Morgan fingerprint density at radius 1 is 1.22 bits per heavy atom. The number of hydrogen-bond acceptors (Lipinski definition) is 4. The molecule has 2 aliphatic rings. The van der Waals surface area contributed by atoms with Crippen LogP contribution in [0, 0.1) is 0 Å². The maximum absolute atomic E-state index is 12.3. The number of nitrogens with zero attached hydrogens (tertiary/aromatic N) is 4. The molecule has 8 heteroatoms. The van der Waals surface area contributed by atoms with Crippen LogP contribution < -0.4 is 5.32 Å². The Balaban J connectivity index is 1.80. The van der Waals surface area contributed by atoms with E-state index in [1.165, 1.54) is 0 Å². The van der Waals surface area contributed by atoms with Gasteiger partial charge in [0.25, 0.3) is 5.91 Å². The van der Waals surface area contributed by atoms with Crippen molar-refractivity contribution in [3.63, 3.8) is 0 Å². The predicted octanol–water partition coefficient (Wildman–Crippen LogP) is -1.03. The minimum absolute atomic E-state index is 0.00153. The lowest BCUT2D eigenvalue weighted by atomic mass is 10.2. The fraction of sp³-hybridized carbons (Fsp3) is 0.800. The minimum atomic E-state index is -0.253. The van der Waals surface area contributed by atoms with Crippen molar-refractivity contribution in [3.05, 3.63) is 0 Å². The van der Waals surface area contributed by atoms with Gasteiger partial charge in [-0.1, -0.05) is 0 Å². The van der Waals surface area contributed by atoms with Crippen LogP contribution in [0.15, 0.2) is 4.99 Å². The maximum Gasteiger partial charge on any atom is 0.251 e. The molecule has 1 unspecified atom stereocenters. The van der Waals surface area contributed by atoms with E-state index in [0.717, 1.165) is 12.8 Å². The third-order valence-electron chi connectivity index (χ3n) is 4.20. The Bertz CT molecular complexity index is 452. The van der Waals surface area contributed by atoms with Gasteiger partial charge in [0, 0.05) is 53.9 Å². The monoisotopic (exact) mass is 325 g/mol. The molecular weight excluding hydrogens is 298 g/mol. The van der Waals surface area contributed by atoms with E-state index in [-0.39, 0.29) is 24.5 Å². The number of amides is 2. The van der Waals surface area contributed by atoms with Gasteiger partial charge in [0.1, 0.15) is 6.10 Å². The van der Waals surface area contributed by atoms with Gasteiger partial charge < -0.3 is 24.8 Å². The van der Waals surface area contributed by atoms with E-state index in [1.807, 2.05) is 4.90 Å². The maximum atomic E-state index is 12.3. The molecule has 0 aromatic heterocycles. The van der Waals surface area contributed by atoms with E-state index in [4.69, 9.17) is 4.74 Å². The lowest BCUT2D eigenvalue weighted by Gasteiger charge is -2.37. The number of piperazine rings is 1. The zero-order valence-electron chi connectivity index (χ0n) is 14.2. The third kappa shape index (κ3) is 4.57. The van der Waals surface area contributed by atoms with Crippen molar-refractivity contribution in [2.45, 2.75) is 18.9 Å². The summed E-state index contributed by atoms with van der Waals surface area (Å²) in [5, 5.41) is 3.08. The van der Waals surface area contributed by atoms with Crippen LogP contribution in [0.1, 0.15) is 12.8 Å². The lowest BCUT2D eigenvalue weighted by Crippen LogP contribution is -2.56. The Kier molecular flexibility index (Phi) is 6.20. The molecule has 0 bridgehead atoms. The van der Waals surface area contributed by atoms with Crippen molar-refractivity contribution in [3.8, 4) is 0 Å². The second-order valence-electron chi connectivity index (χ2n) is 6.00. The van der Waals surface area contributed by atoms with Gasteiger partial charge in [0.15, 0.2) is 5.96 Å². The molecule has 0 radical (unpaired) electrons. The topological polar surface area (TPSA) is 77.5 Å². The standard InChI is InChI=1S/C15H27N5O3/c1-16-15(17-11-13(21)18(2)3)20-8-6-19(7-9-20)14(22)12-5-4-10-23-12/h12H,4-11H2,1-3H3,(H,16,17). The average molecular weight is 325 g/mol. The van der Waals surface area contributed by atoms with E-state index in [1.54, 1.807) is 26.0 Å². The van der Waals surface area contributed by atoms with Gasteiger partial charge in [-0.25, -0.2) is 0 Å². The summed E-state index contributed by atoms with van der Waals surface area (Å²) in [6.45, 7) is 3.62. The highest BCUT2D eigenvalue weighted by atomic mass is 16.5. The molecule has 0 aliphatic carbocycles. The highest BCUT2D eigenvalue weighted by Crippen LogP contribution is 2.16. The highest BCUT2D eigenvalue weighted by Gasteiger charge is 2.30. The van der Waals surface area contributed by atoms with E-state index >= 15 is 0 Å². The number of ether oxygens (including phenoxy) is 1. The average Bonchev–Trinajstić information content (AvgIpc) is 3.09. The molecule has 2 amide bonds. The first-order valence-electron chi connectivity index (χ1n) is 8.09. The van der Waals surface area contributed by atoms with Gasteiger partial charge in [0.2, 0.25) is 5.91 Å². The summed E-state index contributed by atoms with van der Waals surface area (Å²) in [6, 6.07) is 0. The van der Waals surface area contributed by atoms with Gasteiger partial charge >= 0.3 is 0 Å². The zero-order chi connectivity index (χ0) is 16.8. The van der Waals surface area contributed by atoms with Crippen molar-refractivity contribution in [2.24, 2.45) is 4.99 Å². The third-order valence-corrected chi connectivity index (χ3v) is 4.20. The quantitative estimate of drug-likeness (QED) is 0.530. The van der Waals surface area contributed by atoms with Crippen LogP contribution in [-0.4, -0.2) is 99.1 Å². The number of likely N-dealkylation sites (N-methyl/N-ethyl adjacent to an activating group) is 1. The first-order chi connectivity index (χ1) is 11.0. The summed E-state index contributed by atoms with van der Waals surface area (Å²) < 4.78 is 5.47. The SMILES string of the molecule is CN=C(NCC(=O)N(C)C)N1CCN(C(=O)C2CCCO2)CC1. The van der Waals surface area contributed by atoms with E-state index in [0.29, 0.717) is 38.7 Å². The van der Waals surface area contributed by atoms with Gasteiger partial charge in [-0.3, -0.25) is 14.6 Å². The second kappa shape index (κ2) is 8.14. The number of nitrogens with one attached hydrogen (secondary N) is 1. The predicted molar refractivity (Wildman–Crippen MR) is 87.2 cm³/mol. The zero-order valence-corrected chi connectivity index (χ0v) is 14.2. The van der Waals surface area contributed by atoms with Crippen LogP contribution >= 0.6 is 0 Å². The molecule has 1 atom stereocenters. The summed E-state index contributed by atoms with van der Waals surface area (Å²) in [7, 11) is 5.15. The van der Waals surface area contributed by atoms with Crippen LogP contribution in [0.4, 0.5) is 0 Å². The molecule has 130 valence electrons. The van der Waals surface area contributed by atoms with Crippen LogP contribution in [0.25, 0.3) is 0 Å². The van der Waals surface area contributed by atoms with E-state index in [2.05, 4.69) is 15.2 Å². The summed E-state index contributed by atoms with van der Waals surface area (Å²) >= 11 is 0. The Hall–Kier alpha value is -1.83. The van der Waals surface area contributed by atoms with Crippen LogP contribution in [-0.2, 0) is 14.3 Å². The van der Waals surface area contributed by atoms with Crippen molar-refractivity contribution >= 4 is 17.8 Å². The van der Waals surface area contributed by atoms with Gasteiger partial charge in [0.05, 0.1) is 6.54 Å². The lowest BCUT2D eigenvalue weighted by molar-refractivity contribution is -0.142. The fourth-order valence-electron chi connectivity index (χ4n) is 2.76. The van der Waals surface area contributed by atoms with Gasteiger partial charge in [-0.2, -0.15) is 0 Å². The molecule has 8 nitrogen and oxygen atoms in total. The molecule has 2 heterocycles. The normalized spacial score (nSPS) is 22.2. The summed E-state index contributed by atoms with van der Waals surface area (Å²) in [4.78, 5) is 33.7. The number of guanidine groups is 1. The molecule has 1 N–H and O–H groups in total. The molecule has 0 spiro atoms. The number of rotatable bonds is 3. The molecule has 2 aliphatic heterocycles. The largest absolute Gasteiger partial charge is 0.368 e. The molecular formula is C15H27N5O3. The van der Waals surface area contributed by atoms with E-state index < -0.39 is 0 Å². The van der Waals surface area contributed by atoms with Crippen molar-refractivity contribution in [1.29, 1.82) is 0 Å². The molecule has 2 rings (SSSR count). The Morgan fingerprint density at radius 3 is 2.39 bits per heavy atom. The molecule has 23 heavy (non-hydrogen) atoms. The van der Waals surface area contributed by atoms with Gasteiger partial charge in [-0.15, -0.1) is 0 Å². The first-order valence-corrected chi connectivity index (χ1v) is 8.09. The van der Waals surface area contributed by atoms with Crippen LogP contribution in [0.2, 0.25) is 0 Å². The smallest absolute Gasteiger partial charge is 0.251 e. The summed E-state index contributed by atoms with van der Waals surface area (Å²) in [5.41, 5.74) is 0. The second-order valence-corrected chi connectivity index (χ2v) is 6.00. The molecule has 0 aromatic rings. The number of carbonyl (C=O) groups excluding carboxylic acids is 2. The fourth-order valence-corrected chi connectivity index (χ4v) is 2.76. The summed E-state index contributed by atoms with van der Waals surface area (Å²) in [6.07, 6.45) is 1.54. The number of hydrogen-bond donors (Lipinski definition) is 1. The van der Waals surface area contributed by atoms with Crippen molar-refractivity contribution in [2.75, 3.05) is 60.5 Å². The van der Waals surface area contributed by atoms with Crippen molar-refractivity contribution < 1.29 is 14.3 Å². The number of carbonyl (C=O) groups is 2. The van der Waals surface area contributed by atoms with Crippen LogP contribution in [0.3, 0.4) is 0 Å². The molecule has 2 saturated heterocycles. The number of aliphatic imine (C=N–C) groups is 1. The molecule has 0 saturated carbocycles. The molecule has 0 aromatic carbocycles. The Labute approximate surface area is 137 Å². The molecule has 2 fully saturated rings.